The molecule has 1 unspecified atom stereocenters. The van der Waals surface area contributed by atoms with E-state index in [4.69, 9.17) is 23.7 Å². The number of hydrogen-bond acceptors (Lipinski definition) is 8. The van der Waals surface area contributed by atoms with E-state index in [9.17, 15) is 14.4 Å². The van der Waals surface area contributed by atoms with E-state index in [1.165, 1.54) is 28.4 Å². The maximum atomic E-state index is 13.3. The molecular weight excluding hydrogens is 392 g/mol. The Bertz CT molecular complexity index is 852. The molecule has 0 saturated carbocycles. The number of ether oxygens (including phenoxy) is 5. The molecule has 1 aliphatic rings. The molecule has 8 nitrogen and oxygen atoms in total. The van der Waals surface area contributed by atoms with Gasteiger partial charge in [-0.05, 0) is 31.9 Å². The third-order valence-corrected chi connectivity index (χ3v) is 4.97. The van der Waals surface area contributed by atoms with E-state index in [0.29, 0.717) is 17.1 Å². The van der Waals surface area contributed by atoms with E-state index < -0.39 is 29.4 Å². The lowest BCUT2D eigenvalue weighted by Gasteiger charge is -2.31. The maximum absolute atomic E-state index is 13.3. The minimum absolute atomic E-state index is 0.127. The van der Waals surface area contributed by atoms with Crippen molar-refractivity contribution in [3.8, 4) is 17.2 Å². The third-order valence-electron chi connectivity index (χ3n) is 4.97. The van der Waals surface area contributed by atoms with E-state index in [2.05, 4.69) is 0 Å². The Balaban J connectivity index is 2.50. The van der Waals surface area contributed by atoms with Crippen LogP contribution < -0.4 is 14.2 Å². The van der Waals surface area contributed by atoms with E-state index in [1.807, 2.05) is 26.0 Å². The van der Waals surface area contributed by atoms with Crippen molar-refractivity contribution in [1.82, 2.24) is 0 Å². The largest absolute Gasteiger partial charge is 0.496 e. The Morgan fingerprint density at radius 3 is 2.07 bits per heavy atom. The van der Waals surface area contributed by atoms with E-state index >= 15 is 0 Å². The number of carbonyl (C=O) groups is 3. The number of methoxy groups -OCH3 is 4. The van der Waals surface area contributed by atoms with Gasteiger partial charge in [0.05, 0.1) is 34.0 Å². The van der Waals surface area contributed by atoms with Crippen LogP contribution in [0.4, 0.5) is 0 Å². The van der Waals surface area contributed by atoms with Crippen LogP contribution in [-0.2, 0) is 19.1 Å². The molecule has 0 aromatic heterocycles. The average Bonchev–Trinajstić information content (AvgIpc) is 2.70. The summed E-state index contributed by atoms with van der Waals surface area (Å²) in [6.07, 6.45) is 3.58. The first-order chi connectivity index (χ1) is 14.1. The number of benzene rings is 1. The number of esters is 2. The van der Waals surface area contributed by atoms with Crippen molar-refractivity contribution in [3.63, 3.8) is 0 Å². The fourth-order valence-electron chi connectivity index (χ4n) is 3.39. The average molecular weight is 420 g/mol. The summed E-state index contributed by atoms with van der Waals surface area (Å²) in [5, 5.41) is 0. The lowest BCUT2D eigenvalue weighted by molar-refractivity contribution is -0.161. The van der Waals surface area contributed by atoms with Gasteiger partial charge in [-0.1, -0.05) is 6.92 Å². The van der Waals surface area contributed by atoms with E-state index in [0.717, 1.165) is 0 Å². The second-order valence-corrected chi connectivity index (χ2v) is 7.57. The van der Waals surface area contributed by atoms with Crippen molar-refractivity contribution in [1.29, 1.82) is 0 Å². The molecule has 0 aliphatic carbocycles. The molecule has 0 saturated heterocycles. The number of Topliss-reactive ketones (excluding diaryl/α,β-unsaturated/α-hetero) is 1. The van der Waals surface area contributed by atoms with Crippen LogP contribution in [0.1, 0.15) is 43.1 Å². The standard InChI is InChI=1S/C22H28O8/c1-12(17(20(24)28-6)21(25)29-7)10-14(23)18-16(27-5)11-15(26-4)13-8-9-22(2,3)30-19(13)18/h8-9,11-12,17H,10H2,1-7H3. The highest BCUT2D eigenvalue weighted by atomic mass is 16.5. The van der Waals surface area contributed by atoms with Gasteiger partial charge in [0.15, 0.2) is 11.7 Å². The summed E-state index contributed by atoms with van der Waals surface area (Å²) >= 11 is 0. The highest BCUT2D eigenvalue weighted by Gasteiger charge is 2.37. The first-order valence-electron chi connectivity index (χ1n) is 9.46. The lowest BCUT2D eigenvalue weighted by Crippen LogP contribution is -2.33. The molecule has 30 heavy (non-hydrogen) atoms. The number of fused-ring (bicyclic) bond motifs is 1. The smallest absolute Gasteiger partial charge is 0.320 e. The monoisotopic (exact) mass is 420 g/mol. The lowest BCUT2D eigenvalue weighted by atomic mass is 9.86. The number of rotatable bonds is 8. The van der Waals surface area contributed by atoms with Gasteiger partial charge >= 0.3 is 11.9 Å². The molecule has 0 bridgehead atoms. The van der Waals surface area contributed by atoms with Crippen LogP contribution in [0.2, 0.25) is 0 Å². The van der Waals surface area contributed by atoms with Gasteiger partial charge in [-0.25, -0.2) is 0 Å². The highest BCUT2D eigenvalue weighted by Crippen LogP contribution is 2.45. The summed E-state index contributed by atoms with van der Waals surface area (Å²) in [6.45, 7) is 5.34. The first-order valence-corrected chi connectivity index (χ1v) is 9.46. The molecule has 0 spiro atoms. The van der Waals surface area contributed by atoms with Gasteiger partial charge in [-0.2, -0.15) is 0 Å². The summed E-state index contributed by atoms with van der Waals surface area (Å²) in [6, 6.07) is 1.61. The van der Waals surface area contributed by atoms with Crippen LogP contribution in [-0.4, -0.2) is 51.8 Å². The summed E-state index contributed by atoms with van der Waals surface area (Å²) in [5.74, 6) is -2.64. The highest BCUT2D eigenvalue weighted by molar-refractivity contribution is 6.04. The normalized spacial score (nSPS) is 14.9. The predicted octanol–water partition coefficient (Wildman–Crippen LogP) is 3.06. The Morgan fingerprint density at radius 2 is 1.57 bits per heavy atom. The zero-order valence-corrected chi connectivity index (χ0v) is 18.4. The molecule has 0 fully saturated rings. The number of ketones is 1. The summed E-state index contributed by atoms with van der Waals surface area (Å²) in [5.41, 5.74) is 0.197. The molecule has 8 heteroatoms. The summed E-state index contributed by atoms with van der Waals surface area (Å²) in [7, 11) is 5.32. The molecule has 2 rings (SSSR count). The van der Waals surface area contributed by atoms with Crippen LogP contribution in [0.5, 0.6) is 17.2 Å². The molecule has 1 atom stereocenters. The molecule has 1 heterocycles. The van der Waals surface area contributed by atoms with Gasteiger partial charge < -0.3 is 23.7 Å². The topological polar surface area (TPSA) is 97.4 Å². The van der Waals surface area contributed by atoms with Crippen molar-refractivity contribution in [2.24, 2.45) is 11.8 Å². The third kappa shape index (κ3) is 4.58. The quantitative estimate of drug-likeness (QED) is 0.360. The van der Waals surface area contributed by atoms with Crippen molar-refractivity contribution < 1.29 is 38.1 Å². The van der Waals surface area contributed by atoms with Crippen molar-refractivity contribution >= 4 is 23.8 Å². The zero-order valence-electron chi connectivity index (χ0n) is 18.4. The molecule has 1 aliphatic heterocycles. The van der Waals surface area contributed by atoms with Gasteiger partial charge in [0.1, 0.15) is 28.4 Å². The van der Waals surface area contributed by atoms with Gasteiger partial charge in [-0.15, -0.1) is 0 Å². The zero-order chi connectivity index (χ0) is 22.6. The SMILES string of the molecule is COC(=O)C(C(=O)OC)C(C)CC(=O)c1c(OC)cc(OC)c2c1OC(C)(C)C=C2. The van der Waals surface area contributed by atoms with Gasteiger partial charge in [0, 0.05) is 12.5 Å². The van der Waals surface area contributed by atoms with Crippen LogP contribution in [0.15, 0.2) is 12.1 Å². The number of hydrogen-bond donors (Lipinski definition) is 0. The van der Waals surface area contributed by atoms with Gasteiger partial charge in [0.2, 0.25) is 0 Å². The summed E-state index contributed by atoms with van der Waals surface area (Å²) in [4.78, 5) is 37.5. The minimum atomic E-state index is -1.22. The number of carbonyl (C=O) groups excluding carboxylic acids is 3. The van der Waals surface area contributed by atoms with E-state index in [-0.39, 0.29) is 23.5 Å². The first kappa shape index (κ1) is 23.3. The van der Waals surface area contributed by atoms with Gasteiger partial charge in [-0.3, -0.25) is 14.4 Å². The van der Waals surface area contributed by atoms with Crippen molar-refractivity contribution in [3.05, 3.63) is 23.3 Å². The van der Waals surface area contributed by atoms with Crippen LogP contribution in [0.3, 0.4) is 0 Å². The second-order valence-electron chi connectivity index (χ2n) is 7.57. The van der Waals surface area contributed by atoms with Crippen molar-refractivity contribution in [2.75, 3.05) is 28.4 Å². The van der Waals surface area contributed by atoms with Crippen LogP contribution in [0, 0.1) is 11.8 Å². The molecule has 164 valence electrons. The Hall–Kier alpha value is -3.03. The second kappa shape index (κ2) is 9.19. The molecule has 1 aromatic rings. The summed E-state index contributed by atoms with van der Waals surface area (Å²) < 4.78 is 26.4. The molecule has 1 aromatic carbocycles. The molecule has 0 amide bonds. The fraction of sp³-hybridized carbons (Fsp3) is 0.500. The minimum Gasteiger partial charge on any atom is -0.496 e. The van der Waals surface area contributed by atoms with Crippen LogP contribution in [0.25, 0.3) is 6.08 Å². The molecule has 0 N–H and O–H groups in total. The fourth-order valence-corrected chi connectivity index (χ4v) is 3.39. The Morgan fingerprint density at radius 1 is 1.00 bits per heavy atom. The predicted molar refractivity (Wildman–Crippen MR) is 109 cm³/mol. The van der Waals surface area contributed by atoms with Crippen molar-refractivity contribution in [2.45, 2.75) is 32.8 Å². The maximum Gasteiger partial charge on any atom is 0.320 e. The van der Waals surface area contributed by atoms with Gasteiger partial charge in [0.25, 0.3) is 0 Å². The molecular formula is C22H28O8. The molecule has 0 radical (unpaired) electrons. The Kier molecular flexibility index (Phi) is 7.12. The van der Waals surface area contributed by atoms with Crippen LogP contribution >= 0.6 is 0 Å². The van der Waals surface area contributed by atoms with E-state index in [1.54, 1.807) is 13.0 Å². The Labute approximate surface area is 176 Å².